The summed E-state index contributed by atoms with van der Waals surface area (Å²) >= 11 is 0. The highest BCUT2D eigenvalue weighted by Gasteiger charge is 2.23. The minimum Gasteiger partial charge on any atom is -0.204 e. The molecule has 2 fully saturated rings. The maximum absolute atomic E-state index is 13.5. The van der Waals surface area contributed by atoms with Gasteiger partial charge in [-0.05, 0) is 80.9 Å². The first kappa shape index (κ1) is 20.4. The first-order valence-corrected chi connectivity index (χ1v) is 11.1. The summed E-state index contributed by atoms with van der Waals surface area (Å²) in [4.78, 5) is 0. The molecule has 3 rings (SSSR count). The summed E-state index contributed by atoms with van der Waals surface area (Å²) < 4.78 is 26.6. The van der Waals surface area contributed by atoms with Gasteiger partial charge < -0.3 is 0 Å². The van der Waals surface area contributed by atoms with Crippen LogP contribution in [0.4, 0.5) is 8.78 Å². The van der Waals surface area contributed by atoms with E-state index in [4.69, 9.17) is 0 Å². The molecule has 0 spiro atoms. The van der Waals surface area contributed by atoms with Crippen LogP contribution in [0.1, 0.15) is 95.5 Å². The van der Waals surface area contributed by atoms with Crippen LogP contribution >= 0.6 is 0 Å². The van der Waals surface area contributed by atoms with Gasteiger partial charge in [0.05, 0.1) is 0 Å². The zero-order chi connectivity index (χ0) is 19.1. The Kier molecular flexibility index (Phi) is 7.74. The van der Waals surface area contributed by atoms with Gasteiger partial charge in [-0.25, -0.2) is 8.78 Å². The molecule has 0 aromatic heterocycles. The summed E-state index contributed by atoms with van der Waals surface area (Å²) in [5.74, 6) is 8.09. The van der Waals surface area contributed by atoms with Crippen molar-refractivity contribution < 1.29 is 8.78 Å². The van der Waals surface area contributed by atoms with Gasteiger partial charge >= 0.3 is 0 Å². The van der Waals surface area contributed by atoms with Gasteiger partial charge in [-0.15, -0.1) is 0 Å². The van der Waals surface area contributed by atoms with E-state index in [1.54, 1.807) is 6.07 Å². The van der Waals surface area contributed by atoms with Crippen molar-refractivity contribution in [3.63, 3.8) is 0 Å². The molecule has 2 aliphatic carbocycles. The minimum atomic E-state index is -0.751. The third kappa shape index (κ3) is 6.06. The third-order valence-corrected chi connectivity index (χ3v) is 6.70. The maximum Gasteiger partial charge on any atom is 0.159 e. The van der Waals surface area contributed by atoms with E-state index >= 15 is 0 Å². The van der Waals surface area contributed by atoms with Gasteiger partial charge in [-0.3, -0.25) is 0 Å². The zero-order valence-electron chi connectivity index (χ0n) is 16.8. The van der Waals surface area contributed by atoms with Crippen LogP contribution in [-0.4, -0.2) is 0 Å². The molecule has 0 atom stereocenters. The van der Waals surface area contributed by atoms with E-state index in [0.717, 1.165) is 37.2 Å². The number of benzene rings is 1. The molecule has 0 saturated heterocycles. The molecule has 0 unspecified atom stereocenters. The smallest absolute Gasteiger partial charge is 0.159 e. The molecule has 148 valence electrons. The molecule has 2 heteroatoms. The monoisotopic (exact) mass is 372 g/mol. The van der Waals surface area contributed by atoms with E-state index in [0.29, 0.717) is 17.8 Å². The average Bonchev–Trinajstić information content (AvgIpc) is 2.70. The molecule has 0 amide bonds. The largest absolute Gasteiger partial charge is 0.204 e. The summed E-state index contributed by atoms with van der Waals surface area (Å²) in [5, 5.41) is 0. The van der Waals surface area contributed by atoms with Crippen molar-refractivity contribution in [2.75, 3.05) is 0 Å². The molecule has 0 N–H and O–H groups in total. The van der Waals surface area contributed by atoms with Crippen LogP contribution in [-0.2, 0) is 0 Å². The Labute approximate surface area is 164 Å². The molecule has 0 heterocycles. The first-order valence-electron chi connectivity index (χ1n) is 11.1. The van der Waals surface area contributed by atoms with Gasteiger partial charge in [0, 0.05) is 11.8 Å². The Balaban J connectivity index is 1.40. The lowest BCUT2D eigenvalue weighted by atomic mass is 9.77. The SMILES string of the molecule is CCCCCC1CCC(C#CC2CCC(c3ccc(F)c(F)c3)CC2)CC1. The summed E-state index contributed by atoms with van der Waals surface area (Å²) in [7, 11) is 0. The van der Waals surface area contributed by atoms with Crippen LogP contribution in [0, 0.1) is 41.2 Å². The average molecular weight is 373 g/mol. The summed E-state index contributed by atoms with van der Waals surface area (Å²) in [6, 6.07) is 4.38. The van der Waals surface area contributed by atoms with Crippen molar-refractivity contribution in [1.29, 1.82) is 0 Å². The normalized spacial score (nSPS) is 28.4. The predicted octanol–water partition coefficient (Wildman–Crippen LogP) is 7.63. The highest BCUT2D eigenvalue weighted by molar-refractivity contribution is 5.23. The summed E-state index contributed by atoms with van der Waals surface area (Å²) in [5.41, 5.74) is 0.946. The molecule has 2 saturated carbocycles. The maximum atomic E-state index is 13.5. The van der Waals surface area contributed by atoms with Crippen molar-refractivity contribution in [3.8, 4) is 11.8 Å². The van der Waals surface area contributed by atoms with Crippen LogP contribution < -0.4 is 0 Å². The number of unbranched alkanes of at least 4 members (excludes halogenated alkanes) is 2. The van der Waals surface area contributed by atoms with Crippen LogP contribution in [0.2, 0.25) is 0 Å². The molecule has 2 aliphatic rings. The van der Waals surface area contributed by atoms with Gasteiger partial charge in [0.15, 0.2) is 11.6 Å². The van der Waals surface area contributed by atoms with E-state index in [1.165, 1.54) is 63.5 Å². The Morgan fingerprint density at radius 3 is 2.04 bits per heavy atom. The molecule has 0 radical (unpaired) electrons. The lowest BCUT2D eigenvalue weighted by Crippen LogP contribution is -2.15. The van der Waals surface area contributed by atoms with Crippen LogP contribution in [0.3, 0.4) is 0 Å². The predicted molar refractivity (Wildman–Crippen MR) is 108 cm³/mol. The highest BCUT2D eigenvalue weighted by atomic mass is 19.2. The molecule has 0 bridgehead atoms. The highest BCUT2D eigenvalue weighted by Crippen LogP contribution is 2.36. The topological polar surface area (TPSA) is 0 Å². The molecule has 0 aliphatic heterocycles. The van der Waals surface area contributed by atoms with E-state index in [1.807, 2.05) is 0 Å². The Morgan fingerprint density at radius 1 is 0.815 bits per heavy atom. The van der Waals surface area contributed by atoms with Gasteiger partial charge in [-0.1, -0.05) is 50.5 Å². The van der Waals surface area contributed by atoms with Gasteiger partial charge in [0.2, 0.25) is 0 Å². The molecule has 0 nitrogen and oxygen atoms in total. The first-order chi connectivity index (χ1) is 13.2. The molecule has 1 aromatic rings. The zero-order valence-corrected chi connectivity index (χ0v) is 16.8. The molecular formula is C25H34F2. The Bertz CT molecular complexity index is 638. The molecular weight excluding hydrogens is 338 g/mol. The number of hydrogen-bond donors (Lipinski definition) is 0. The van der Waals surface area contributed by atoms with Crippen LogP contribution in [0.25, 0.3) is 0 Å². The second kappa shape index (κ2) is 10.3. The van der Waals surface area contributed by atoms with Crippen molar-refractivity contribution in [2.45, 2.75) is 89.9 Å². The van der Waals surface area contributed by atoms with Crippen LogP contribution in [0.5, 0.6) is 0 Å². The van der Waals surface area contributed by atoms with E-state index in [9.17, 15) is 8.78 Å². The van der Waals surface area contributed by atoms with E-state index < -0.39 is 11.6 Å². The number of hydrogen-bond acceptors (Lipinski definition) is 0. The van der Waals surface area contributed by atoms with E-state index in [-0.39, 0.29) is 0 Å². The lowest BCUT2D eigenvalue weighted by molar-refractivity contribution is 0.294. The Morgan fingerprint density at radius 2 is 1.44 bits per heavy atom. The second-order valence-corrected chi connectivity index (χ2v) is 8.72. The number of rotatable bonds is 5. The van der Waals surface area contributed by atoms with Crippen molar-refractivity contribution >= 4 is 0 Å². The van der Waals surface area contributed by atoms with E-state index in [2.05, 4.69) is 18.8 Å². The van der Waals surface area contributed by atoms with Gasteiger partial charge in [0.1, 0.15) is 0 Å². The lowest BCUT2D eigenvalue weighted by Gasteiger charge is -2.27. The molecule has 27 heavy (non-hydrogen) atoms. The fraction of sp³-hybridized carbons (Fsp3) is 0.680. The summed E-state index contributed by atoms with van der Waals surface area (Å²) in [6.07, 6.45) is 15.1. The van der Waals surface area contributed by atoms with Gasteiger partial charge in [-0.2, -0.15) is 0 Å². The number of halogens is 2. The standard InChI is InChI=1S/C25H34F2/c1-2-3-4-5-19-6-8-20(9-7-19)10-11-21-12-14-22(15-13-21)23-16-17-24(26)25(27)18-23/h16-22H,2-9,12-15H2,1H3. The quantitative estimate of drug-likeness (QED) is 0.368. The van der Waals surface area contributed by atoms with Crippen molar-refractivity contribution in [1.82, 2.24) is 0 Å². The fourth-order valence-corrected chi connectivity index (χ4v) is 4.85. The third-order valence-electron chi connectivity index (χ3n) is 6.70. The van der Waals surface area contributed by atoms with Gasteiger partial charge in [0.25, 0.3) is 0 Å². The summed E-state index contributed by atoms with van der Waals surface area (Å²) in [6.45, 7) is 2.28. The van der Waals surface area contributed by atoms with Crippen LogP contribution in [0.15, 0.2) is 18.2 Å². The van der Waals surface area contributed by atoms with Crippen molar-refractivity contribution in [2.24, 2.45) is 17.8 Å². The fourth-order valence-electron chi connectivity index (χ4n) is 4.85. The molecule has 1 aromatic carbocycles. The minimum absolute atomic E-state index is 0.358. The second-order valence-electron chi connectivity index (χ2n) is 8.72. The van der Waals surface area contributed by atoms with Crippen molar-refractivity contribution in [3.05, 3.63) is 35.4 Å². The Hall–Kier alpha value is -1.36.